The number of ether oxygens (including phenoxy) is 1. The van der Waals surface area contributed by atoms with Crippen molar-refractivity contribution in [2.75, 3.05) is 20.3 Å². The maximum Gasteiger partial charge on any atom is 0.118 e. The van der Waals surface area contributed by atoms with Crippen LogP contribution in [0.25, 0.3) is 0 Å². The first-order valence-electron chi connectivity index (χ1n) is 6.97. The second-order valence-corrected chi connectivity index (χ2v) is 4.78. The van der Waals surface area contributed by atoms with Crippen LogP contribution < -0.4 is 10.1 Å². The van der Waals surface area contributed by atoms with E-state index in [0.717, 1.165) is 16.9 Å². The van der Waals surface area contributed by atoms with Crippen LogP contribution in [-0.2, 0) is 0 Å². The zero-order chi connectivity index (χ0) is 15.1. The molecule has 0 radical (unpaired) electrons. The van der Waals surface area contributed by atoms with Crippen LogP contribution in [0.4, 0.5) is 0 Å². The number of methoxy groups -OCH3 is 1. The highest BCUT2D eigenvalue weighted by atomic mass is 16.5. The van der Waals surface area contributed by atoms with Crippen molar-refractivity contribution in [3.8, 4) is 5.75 Å². The summed E-state index contributed by atoms with van der Waals surface area (Å²) in [7, 11) is 1.61. The minimum Gasteiger partial charge on any atom is -0.497 e. The molecule has 21 heavy (non-hydrogen) atoms. The summed E-state index contributed by atoms with van der Waals surface area (Å²) in [5.41, 5.74) is 1.78. The van der Waals surface area contributed by atoms with Gasteiger partial charge >= 0.3 is 0 Å². The minimum absolute atomic E-state index is 0.0265. The van der Waals surface area contributed by atoms with Crippen molar-refractivity contribution in [2.45, 2.75) is 12.1 Å². The van der Waals surface area contributed by atoms with Gasteiger partial charge in [0.2, 0.25) is 0 Å². The minimum atomic E-state index is -0.704. The zero-order valence-corrected chi connectivity index (χ0v) is 12.1. The van der Waals surface area contributed by atoms with Gasteiger partial charge in [-0.1, -0.05) is 42.5 Å². The molecule has 0 amide bonds. The van der Waals surface area contributed by atoms with Crippen molar-refractivity contribution in [1.29, 1.82) is 0 Å². The van der Waals surface area contributed by atoms with Gasteiger partial charge in [-0.25, -0.2) is 0 Å². The SMILES string of the molecule is COc1ccc([C@@H](O)[C@H](NCCO)c2ccccc2)cc1. The van der Waals surface area contributed by atoms with Crippen LogP contribution in [-0.4, -0.2) is 30.5 Å². The maximum atomic E-state index is 10.6. The third-order valence-corrected chi connectivity index (χ3v) is 3.41. The van der Waals surface area contributed by atoms with Crippen molar-refractivity contribution in [1.82, 2.24) is 5.32 Å². The molecule has 0 unspecified atom stereocenters. The molecule has 2 rings (SSSR count). The number of hydrogen-bond acceptors (Lipinski definition) is 4. The summed E-state index contributed by atoms with van der Waals surface area (Å²) in [6.07, 6.45) is -0.704. The highest BCUT2D eigenvalue weighted by Crippen LogP contribution is 2.29. The summed E-state index contributed by atoms with van der Waals surface area (Å²) in [5, 5.41) is 22.8. The second kappa shape index (κ2) is 7.78. The molecule has 2 atom stereocenters. The quantitative estimate of drug-likeness (QED) is 0.729. The Morgan fingerprint density at radius 3 is 2.24 bits per heavy atom. The number of aliphatic hydroxyl groups excluding tert-OH is 2. The average molecular weight is 287 g/mol. The van der Waals surface area contributed by atoms with E-state index >= 15 is 0 Å². The highest BCUT2D eigenvalue weighted by Gasteiger charge is 2.22. The van der Waals surface area contributed by atoms with Crippen molar-refractivity contribution >= 4 is 0 Å². The monoisotopic (exact) mass is 287 g/mol. The van der Waals surface area contributed by atoms with Gasteiger partial charge in [-0.15, -0.1) is 0 Å². The first-order chi connectivity index (χ1) is 10.3. The fourth-order valence-corrected chi connectivity index (χ4v) is 2.29. The molecule has 0 bridgehead atoms. The summed E-state index contributed by atoms with van der Waals surface area (Å²) in [6.45, 7) is 0.450. The molecular weight excluding hydrogens is 266 g/mol. The number of nitrogens with one attached hydrogen (secondary N) is 1. The van der Waals surface area contributed by atoms with Crippen LogP contribution in [0, 0.1) is 0 Å². The smallest absolute Gasteiger partial charge is 0.118 e. The van der Waals surface area contributed by atoms with Gasteiger partial charge in [0.05, 0.1) is 25.9 Å². The molecule has 0 heterocycles. The predicted molar refractivity (Wildman–Crippen MR) is 82.2 cm³/mol. The third-order valence-electron chi connectivity index (χ3n) is 3.41. The molecule has 4 heteroatoms. The van der Waals surface area contributed by atoms with Gasteiger partial charge in [0.1, 0.15) is 5.75 Å². The van der Waals surface area contributed by atoms with Gasteiger partial charge in [0, 0.05) is 6.54 Å². The summed E-state index contributed by atoms with van der Waals surface area (Å²) in [5.74, 6) is 0.755. The van der Waals surface area contributed by atoms with E-state index in [2.05, 4.69) is 5.32 Å². The van der Waals surface area contributed by atoms with E-state index in [4.69, 9.17) is 9.84 Å². The topological polar surface area (TPSA) is 61.7 Å². The van der Waals surface area contributed by atoms with Gasteiger partial charge in [-0.05, 0) is 23.3 Å². The lowest BCUT2D eigenvalue weighted by molar-refractivity contribution is 0.124. The molecule has 0 aliphatic carbocycles. The first-order valence-corrected chi connectivity index (χ1v) is 6.97. The normalized spacial score (nSPS) is 13.7. The van der Waals surface area contributed by atoms with Crippen LogP contribution in [0.15, 0.2) is 54.6 Å². The van der Waals surface area contributed by atoms with E-state index in [1.54, 1.807) is 7.11 Å². The summed E-state index contributed by atoms with van der Waals surface area (Å²) < 4.78 is 5.13. The fourth-order valence-electron chi connectivity index (χ4n) is 2.29. The predicted octanol–water partition coefficient (Wildman–Crippen LogP) is 2.05. The lowest BCUT2D eigenvalue weighted by Gasteiger charge is -2.25. The van der Waals surface area contributed by atoms with E-state index in [1.807, 2.05) is 54.6 Å². The Balaban J connectivity index is 2.22. The largest absolute Gasteiger partial charge is 0.497 e. The molecule has 2 aromatic carbocycles. The highest BCUT2D eigenvalue weighted by molar-refractivity contribution is 5.31. The third kappa shape index (κ3) is 4.04. The van der Waals surface area contributed by atoms with Crippen molar-refractivity contribution in [2.24, 2.45) is 0 Å². The first kappa shape index (κ1) is 15.5. The molecule has 112 valence electrons. The average Bonchev–Trinajstić information content (AvgIpc) is 2.56. The Kier molecular flexibility index (Phi) is 5.75. The van der Waals surface area contributed by atoms with E-state index in [0.29, 0.717) is 6.54 Å². The molecule has 4 nitrogen and oxygen atoms in total. The van der Waals surface area contributed by atoms with Gasteiger partial charge in [-0.3, -0.25) is 0 Å². The van der Waals surface area contributed by atoms with Crippen LogP contribution in [0.5, 0.6) is 5.75 Å². The van der Waals surface area contributed by atoms with Gasteiger partial charge < -0.3 is 20.3 Å². The summed E-state index contributed by atoms with van der Waals surface area (Å²) >= 11 is 0. The van der Waals surface area contributed by atoms with Crippen LogP contribution in [0.3, 0.4) is 0 Å². The molecular formula is C17H21NO3. The Morgan fingerprint density at radius 2 is 1.67 bits per heavy atom. The maximum absolute atomic E-state index is 10.6. The Morgan fingerprint density at radius 1 is 1.00 bits per heavy atom. The Bertz CT molecular complexity index is 527. The Hall–Kier alpha value is -1.88. The molecule has 0 saturated heterocycles. The van der Waals surface area contributed by atoms with Crippen molar-refractivity contribution in [3.05, 3.63) is 65.7 Å². The zero-order valence-electron chi connectivity index (χ0n) is 12.1. The molecule has 0 aromatic heterocycles. The lowest BCUT2D eigenvalue weighted by Crippen LogP contribution is -2.29. The van der Waals surface area contributed by atoms with Gasteiger partial charge in [0.15, 0.2) is 0 Å². The van der Waals surface area contributed by atoms with E-state index < -0.39 is 6.10 Å². The van der Waals surface area contributed by atoms with Crippen LogP contribution in [0.2, 0.25) is 0 Å². The van der Waals surface area contributed by atoms with E-state index in [9.17, 15) is 5.11 Å². The standard InChI is InChI=1S/C17H21NO3/c1-21-15-9-7-14(8-10-15)17(20)16(18-11-12-19)13-5-3-2-4-6-13/h2-10,16-20H,11-12H2,1H3/t16-,17-/m1/s1. The molecule has 2 aromatic rings. The number of rotatable bonds is 7. The number of aliphatic hydroxyl groups is 2. The molecule has 0 fully saturated rings. The number of hydrogen-bond donors (Lipinski definition) is 3. The lowest BCUT2D eigenvalue weighted by atomic mass is 9.95. The summed E-state index contributed by atoms with van der Waals surface area (Å²) in [6, 6.07) is 16.8. The van der Waals surface area contributed by atoms with Gasteiger partial charge in [0.25, 0.3) is 0 Å². The molecule has 0 aliphatic rings. The molecule has 0 spiro atoms. The van der Waals surface area contributed by atoms with Crippen molar-refractivity contribution < 1.29 is 14.9 Å². The molecule has 0 aliphatic heterocycles. The molecule has 3 N–H and O–H groups in total. The number of benzene rings is 2. The van der Waals surface area contributed by atoms with Crippen LogP contribution >= 0.6 is 0 Å². The van der Waals surface area contributed by atoms with Crippen LogP contribution in [0.1, 0.15) is 23.3 Å². The van der Waals surface area contributed by atoms with E-state index in [1.165, 1.54) is 0 Å². The second-order valence-electron chi connectivity index (χ2n) is 4.78. The fraction of sp³-hybridized carbons (Fsp3) is 0.294. The van der Waals surface area contributed by atoms with Gasteiger partial charge in [-0.2, -0.15) is 0 Å². The van der Waals surface area contributed by atoms with E-state index in [-0.39, 0.29) is 12.6 Å². The molecule has 0 saturated carbocycles. The Labute approximate surface area is 125 Å². The van der Waals surface area contributed by atoms with Crippen molar-refractivity contribution in [3.63, 3.8) is 0 Å². The summed E-state index contributed by atoms with van der Waals surface area (Å²) in [4.78, 5) is 0.